The zero-order valence-electron chi connectivity index (χ0n) is 19.9. The Hall–Kier alpha value is -3.23. The number of anilines is 1. The SMILES string of the molecule is O=P(Oc1ccccc1)(Oc1ccccc1)[C@@H](NC(=S)Nc1cc(C(F)(F)F)ccc1Cl)c1ccc(Cl)cc1. The summed E-state index contributed by atoms with van der Waals surface area (Å²) in [7, 11) is -4.21. The van der Waals surface area contributed by atoms with E-state index in [1.807, 2.05) is 0 Å². The highest BCUT2D eigenvalue weighted by atomic mass is 35.5. The molecule has 4 rings (SSSR count). The van der Waals surface area contributed by atoms with Crippen molar-refractivity contribution >= 4 is 53.8 Å². The third-order valence-corrected chi connectivity index (χ3v) is 8.06. The number of thiocarbonyl (C=S) groups is 1. The monoisotopic (exact) mass is 610 g/mol. The van der Waals surface area contributed by atoms with Gasteiger partial charge in [-0.3, -0.25) is 0 Å². The van der Waals surface area contributed by atoms with E-state index in [0.717, 1.165) is 18.2 Å². The first-order valence-corrected chi connectivity index (χ1v) is 14.1. The molecule has 2 N–H and O–H groups in total. The molecule has 1 atom stereocenters. The fraction of sp³-hybridized carbons (Fsp3) is 0.0741. The van der Waals surface area contributed by atoms with Gasteiger partial charge in [0.05, 0.1) is 16.3 Å². The smallest absolute Gasteiger partial charge is 0.414 e. The topological polar surface area (TPSA) is 59.6 Å². The Morgan fingerprint density at radius 3 is 1.87 bits per heavy atom. The van der Waals surface area contributed by atoms with Crippen LogP contribution in [0.15, 0.2) is 103 Å². The summed E-state index contributed by atoms with van der Waals surface area (Å²) in [4.78, 5) is 0. The molecule has 0 radical (unpaired) electrons. The van der Waals surface area contributed by atoms with Crippen LogP contribution in [0.4, 0.5) is 18.9 Å². The first-order valence-electron chi connectivity index (χ1n) is 11.3. The summed E-state index contributed by atoms with van der Waals surface area (Å²) in [6.07, 6.45) is -4.59. The molecule has 0 saturated carbocycles. The highest BCUT2D eigenvalue weighted by Crippen LogP contribution is 2.59. The summed E-state index contributed by atoms with van der Waals surface area (Å²) < 4.78 is 66.3. The van der Waals surface area contributed by atoms with Gasteiger partial charge in [-0.15, -0.1) is 0 Å². The Morgan fingerprint density at radius 2 is 1.36 bits per heavy atom. The van der Waals surface area contributed by atoms with E-state index in [0.29, 0.717) is 10.6 Å². The van der Waals surface area contributed by atoms with Crippen LogP contribution in [0, 0.1) is 0 Å². The van der Waals surface area contributed by atoms with Gasteiger partial charge >= 0.3 is 13.8 Å². The molecule has 0 saturated heterocycles. The summed E-state index contributed by atoms with van der Waals surface area (Å²) in [5.41, 5.74) is -0.590. The molecule has 0 unspecified atom stereocenters. The zero-order valence-corrected chi connectivity index (χ0v) is 23.1. The largest absolute Gasteiger partial charge is 0.457 e. The molecule has 202 valence electrons. The van der Waals surface area contributed by atoms with Gasteiger partial charge in [0.15, 0.2) is 10.9 Å². The van der Waals surface area contributed by atoms with E-state index in [4.69, 9.17) is 44.5 Å². The Kier molecular flexibility index (Phi) is 9.08. The molecule has 0 aliphatic heterocycles. The highest BCUT2D eigenvalue weighted by Gasteiger charge is 2.41. The van der Waals surface area contributed by atoms with Crippen LogP contribution >= 0.6 is 43.0 Å². The van der Waals surface area contributed by atoms with Crippen molar-refractivity contribution < 1.29 is 26.8 Å². The van der Waals surface area contributed by atoms with E-state index >= 15 is 0 Å². The molecule has 4 aromatic rings. The number of nitrogens with one attached hydrogen (secondary N) is 2. The molecule has 39 heavy (non-hydrogen) atoms. The predicted octanol–water partition coefficient (Wildman–Crippen LogP) is 9.35. The Morgan fingerprint density at radius 1 is 0.821 bits per heavy atom. The van der Waals surface area contributed by atoms with E-state index < -0.39 is 25.1 Å². The Bertz CT molecular complexity index is 1430. The van der Waals surface area contributed by atoms with E-state index in [-0.39, 0.29) is 27.3 Å². The van der Waals surface area contributed by atoms with Crippen molar-refractivity contribution in [1.82, 2.24) is 5.32 Å². The van der Waals surface area contributed by atoms with Crippen molar-refractivity contribution in [2.45, 2.75) is 12.0 Å². The van der Waals surface area contributed by atoms with Crippen molar-refractivity contribution in [2.75, 3.05) is 5.32 Å². The molecule has 0 fully saturated rings. The van der Waals surface area contributed by atoms with Gasteiger partial charge in [0.25, 0.3) is 0 Å². The minimum Gasteiger partial charge on any atom is -0.414 e. The normalized spacial score (nSPS) is 12.3. The van der Waals surface area contributed by atoms with Gasteiger partial charge in [0.2, 0.25) is 0 Å². The van der Waals surface area contributed by atoms with E-state index in [1.54, 1.807) is 84.9 Å². The molecule has 5 nitrogen and oxygen atoms in total. The van der Waals surface area contributed by atoms with E-state index in [2.05, 4.69) is 10.6 Å². The van der Waals surface area contributed by atoms with Crippen molar-refractivity contribution in [2.24, 2.45) is 0 Å². The summed E-state index contributed by atoms with van der Waals surface area (Å²) in [6, 6.07) is 26.0. The number of hydrogen-bond acceptors (Lipinski definition) is 4. The van der Waals surface area contributed by atoms with Crippen LogP contribution in [0.25, 0.3) is 0 Å². The summed E-state index contributed by atoms with van der Waals surface area (Å²) in [5.74, 6) is -0.700. The lowest BCUT2D eigenvalue weighted by molar-refractivity contribution is -0.137. The second-order valence-corrected chi connectivity index (χ2v) is 11.3. The molecule has 0 heterocycles. The van der Waals surface area contributed by atoms with Gasteiger partial charge in [-0.1, -0.05) is 71.7 Å². The summed E-state index contributed by atoms with van der Waals surface area (Å²) in [6.45, 7) is 0. The lowest BCUT2D eigenvalue weighted by atomic mass is 10.2. The van der Waals surface area contributed by atoms with Crippen molar-refractivity contribution in [1.29, 1.82) is 0 Å². The van der Waals surface area contributed by atoms with Crippen LogP contribution in [-0.4, -0.2) is 5.11 Å². The molecule has 0 aliphatic carbocycles. The van der Waals surface area contributed by atoms with Gasteiger partial charge in [-0.25, -0.2) is 4.57 Å². The van der Waals surface area contributed by atoms with Gasteiger partial charge < -0.3 is 19.7 Å². The minimum absolute atomic E-state index is 0.000512. The van der Waals surface area contributed by atoms with Crippen LogP contribution in [-0.2, 0) is 10.7 Å². The first-order chi connectivity index (χ1) is 18.5. The van der Waals surface area contributed by atoms with Crippen LogP contribution in [0.1, 0.15) is 16.9 Å². The maximum atomic E-state index is 14.6. The minimum atomic E-state index is -4.59. The van der Waals surface area contributed by atoms with Crippen LogP contribution in [0.5, 0.6) is 11.5 Å². The molecule has 0 aliphatic rings. The van der Waals surface area contributed by atoms with Crippen molar-refractivity contribution in [3.63, 3.8) is 0 Å². The zero-order chi connectivity index (χ0) is 28.0. The van der Waals surface area contributed by atoms with Crippen LogP contribution < -0.4 is 19.7 Å². The Balaban J connectivity index is 1.72. The Labute approximate surface area is 238 Å². The molecule has 0 bridgehead atoms. The quantitative estimate of drug-likeness (QED) is 0.153. The molecule has 12 heteroatoms. The van der Waals surface area contributed by atoms with Crippen LogP contribution in [0.3, 0.4) is 0 Å². The molecule has 0 aromatic heterocycles. The lowest BCUT2D eigenvalue weighted by Gasteiger charge is -2.29. The van der Waals surface area contributed by atoms with E-state index in [1.165, 1.54) is 0 Å². The number of halogens is 5. The number of para-hydroxylation sites is 2. The molecular weight excluding hydrogens is 591 g/mol. The van der Waals surface area contributed by atoms with Crippen LogP contribution in [0.2, 0.25) is 10.0 Å². The fourth-order valence-corrected chi connectivity index (χ4v) is 5.96. The second kappa shape index (κ2) is 12.3. The van der Waals surface area contributed by atoms with Gasteiger partial charge in [-0.05, 0) is 72.4 Å². The third-order valence-electron chi connectivity index (χ3n) is 5.26. The maximum Gasteiger partial charge on any atom is 0.457 e. The maximum absolute atomic E-state index is 14.6. The van der Waals surface area contributed by atoms with E-state index in [9.17, 15) is 17.7 Å². The number of alkyl halides is 3. The van der Waals surface area contributed by atoms with Gasteiger partial charge in [0, 0.05) is 5.02 Å². The second-order valence-electron chi connectivity index (χ2n) is 8.09. The predicted molar refractivity (Wildman–Crippen MR) is 152 cm³/mol. The standard InChI is InChI=1S/C27H20Cl2F3N2O3PS/c28-20-14-11-18(12-15-20)25(34-26(39)33-24-17-19(27(30,31)32)13-16-23(24)29)38(35,36-21-7-3-1-4-8-21)37-22-9-5-2-6-10-22/h1-17,25H,(H2,33,34,39)/t25-/m1/s1. The van der Waals surface area contributed by atoms with Crippen molar-refractivity contribution in [3.05, 3.63) is 124 Å². The number of rotatable bonds is 8. The highest BCUT2D eigenvalue weighted by molar-refractivity contribution is 7.80. The van der Waals surface area contributed by atoms with Crippen molar-refractivity contribution in [3.8, 4) is 11.5 Å². The van der Waals surface area contributed by atoms with Gasteiger partial charge in [-0.2, -0.15) is 13.2 Å². The lowest BCUT2D eigenvalue weighted by Crippen LogP contribution is -2.34. The first kappa shape index (κ1) is 28.8. The third kappa shape index (κ3) is 7.67. The number of hydrogen-bond donors (Lipinski definition) is 2. The number of benzene rings is 4. The molecular formula is C27H20Cl2F3N2O3PS. The summed E-state index contributed by atoms with van der Waals surface area (Å²) >= 11 is 17.6. The molecule has 0 amide bonds. The molecule has 0 spiro atoms. The summed E-state index contributed by atoms with van der Waals surface area (Å²) in [5, 5.41) is 5.81. The van der Waals surface area contributed by atoms with Gasteiger partial charge in [0.1, 0.15) is 11.5 Å². The molecule has 4 aromatic carbocycles. The average molecular weight is 611 g/mol. The fourth-order valence-electron chi connectivity index (χ4n) is 3.45. The average Bonchev–Trinajstić information content (AvgIpc) is 2.89.